The first-order chi connectivity index (χ1) is 10.7. The van der Waals surface area contributed by atoms with E-state index in [1.165, 1.54) is 5.39 Å². The van der Waals surface area contributed by atoms with Crippen LogP contribution >= 0.6 is 0 Å². The fourth-order valence-corrected chi connectivity index (χ4v) is 2.66. The van der Waals surface area contributed by atoms with Gasteiger partial charge in [0.15, 0.2) is 0 Å². The van der Waals surface area contributed by atoms with Gasteiger partial charge in [-0.1, -0.05) is 49.4 Å². The molecule has 0 radical (unpaired) electrons. The minimum atomic E-state index is -0.194. The Labute approximate surface area is 131 Å². The maximum atomic E-state index is 12.1. The molecule has 2 aromatic carbocycles. The van der Waals surface area contributed by atoms with Crippen LogP contribution in [-0.2, 0) is 0 Å². The van der Waals surface area contributed by atoms with E-state index < -0.39 is 0 Å². The molecule has 0 saturated heterocycles. The van der Waals surface area contributed by atoms with Crippen LogP contribution in [0, 0.1) is 0 Å². The average Bonchev–Trinajstić information content (AvgIpc) is 2.53. The van der Waals surface area contributed by atoms with Gasteiger partial charge in [-0.2, -0.15) is 0 Å². The molecule has 0 saturated carbocycles. The molecule has 2 atom stereocenters. The molecule has 0 fully saturated rings. The van der Waals surface area contributed by atoms with Gasteiger partial charge in [-0.3, -0.25) is 0 Å². The van der Waals surface area contributed by atoms with Gasteiger partial charge in [-0.15, -0.1) is 0 Å². The maximum absolute atomic E-state index is 12.1. The van der Waals surface area contributed by atoms with Crippen LogP contribution in [0.2, 0.25) is 0 Å². The highest BCUT2D eigenvalue weighted by Gasteiger charge is 2.14. The van der Waals surface area contributed by atoms with Gasteiger partial charge in [-0.05, 0) is 36.1 Å². The molecule has 0 spiro atoms. The van der Waals surface area contributed by atoms with Crippen LogP contribution in [0.1, 0.15) is 38.3 Å². The summed E-state index contributed by atoms with van der Waals surface area (Å²) < 4.78 is 0. The van der Waals surface area contributed by atoms with Gasteiger partial charge >= 0.3 is 6.03 Å². The van der Waals surface area contributed by atoms with Gasteiger partial charge in [0.25, 0.3) is 0 Å². The number of amides is 2. The summed E-state index contributed by atoms with van der Waals surface area (Å²) in [6.45, 7) is 4.06. The van der Waals surface area contributed by atoms with E-state index in [0.29, 0.717) is 6.42 Å². The molecule has 0 heterocycles. The number of benzene rings is 2. The van der Waals surface area contributed by atoms with E-state index in [9.17, 15) is 4.79 Å². The Balaban J connectivity index is 2.07. The number of aliphatic hydroxyl groups is 1. The van der Waals surface area contributed by atoms with Gasteiger partial charge in [0.1, 0.15) is 0 Å². The second kappa shape index (κ2) is 7.80. The van der Waals surface area contributed by atoms with E-state index in [1.807, 2.05) is 38.1 Å². The summed E-state index contributed by atoms with van der Waals surface area (Å²) in [5.41, 5.74) is 1.10. The van der Waals surface area contributed by atoms with Crippen molar-refractivity contribution in [2.24, 2.45) is 0 Å². The van der Waals surface area contributed by atoms with E-state index in [-0.39, 0.29) is 24.7 Å². The van der Waals surface area contributed by atoms with Gasteiger partial charge in [0, 0.05) is 12.6 Å². The lowest BCUT2D eigenvalue weighted by Crippen LogP contribution is -2.43. The molecule has 118 valence electrons. The van der Waals surface area contributed by atoms with Crippen molar-refractivity contribution in [2.75, 3.05) is 6.61 Å². The Morgan fingerprint density at radius 1 is 1.14 bits per heavy atom. The monoisotopic (exact) mass is 300 g/mol. The molecule has 0 aliphatic carbocycles. The molecule has 2 amide bonds. The third-order valence-corrected chi connectivity index (χ3v) is 3.94. The molecule has 4 heteroatoms. The van der Waals surface area contributed by atoms with E-state index >= 15 is 0 Å². The minimum absolute atomic E-state index is 0.00437. The van der Waals surface area contributed by atoms with E-state index in [2.05, 4.69) is 28.8 Å². The molecular formula is C18H24N2O2. The molecule has 0 aromatic heterocycles. The lowest BCUT2D eigenvalue weighted by molar-refractivity contribution is 0.225. The smallest absolute Gasteiger partial charge is 0.315 e. The molecule has 0 aliphatic heterocycles. The zero-order chi connectivity index (χ0) is 15.9. The second-order valence-electron chi connectivity index (χ2n) is 5.53. The highest BCUT2D eigenvalue weighted by atomic mass is 16.3. The summed E-state index contributed by atoms with van der Waals surface area (Å²) in [6.07, 6.45) is 1.38. The Kier molecular flexibility index (Phi) is 5.78. The number of carbonyl (C=O) groups is 1. The zero-order valence-corrected chi connectivity index (χ0v) is 13.2. The van der Waals surface area contributed by atoms with Crippen LogP contribution in [0.25, 0.3) is 10.8 Å². The molecule has 2 unspecified atom stereocenters. The summed E-state index contributed by atoms with van der Waals surface area (Å²) in [5.74, 6) is 0. The molecule has 0 aliphatic rings. The summed E-state index contributed by atoms with van der Waals surface area (Å²) in [6, 6.07) is 14.0. The number of rotatable bonds is 6. The van der Waals surface area contributed by atoms with Crippen molar-refractivity contribution in [1.82, 2.24) is 10.6 Å². The topological polar surface area (TPSA) is 61.4 Å². The number of urea groups is 1. The molecular weight excluding hydrogens is 276 g/mol. The van der Waals surface area contributed by atoms with Crippen LogP contribution in [0.3, 0.4) is 0 Å². The molecule has 22 heavy (non-hydrogen) atoms. The third-order valence-electron chi connectivity index (χ3n) is 3.94. The quantitative estimate of drug-likeness (QED) is 0.766. The highest BCUT2D eigenvalue weighted by Crippen LogP contribution is 2.23. The van der Waals surface area contributed by atoms with Gasteiger partial charge < -0.3 is 15.7 Å². The first-order valence-electron chi connectivity index (χ1n) is 7.81. The normalized spacial score (nSPS) is 13.6. The van der Waals surface area contributed by atoms with Crippen LogP contribution in [-0.4, -0.2) is 23.8 Å². The largest absolute Gasteiger partial charge is 0.396 e. The van der Waals surface area contributed by atoms with Crippen molar-refractivity contribution in [2.45, 2.75) is 38.8 Å². The maximum Gasteiger partial charge on any atom is 0.315 e. The Morgan fingerprint density at radius 2 is 1.86 bits per heavy atom. The lowest BCUT2D eigenvalue weighted by Gasteiger charge is -2.20. The predicted molar refractivity (Wildman–Crippen MR) is 89.8 cm³/mol. The predicted octanol–water partition coefficient (Wildman–Crippen LogP) is 3.36. The second-order valence-corrected chi connectivity index (χ2v) is 5.53. The van der Waals surface area contributed by atoms with Crippen LogP contribution in [0.4, 0.5) is 4.79 Å². The summed E-state index contributed by atoms with van der Waals surface area (Å²) in [7, 11) is 0. The molecule has 4 nitrogen and oxygen atoms in total. The SMILES string of the molecule is CCC(CCO)NC(=O)NC(C)c1cccc2ccccc12. The number of hydrogen-bond acceptors (Lipinski definition) is 2. The standard InChI is InChI=1S/C18H24N2O2/c1-3-15(11-12-21)20-18(22)19-13(2)16-10-6-8-14-7-4-5-9-17(14)16/h4-10,13,15,21H,3,11-12H2,1-2H3,(H2,19,20,22). The molecule has 2 aromatic rings. The van der Waals surface area contributed by atoms with Gasteiger partial charge in [-0.25, -0.2) is 4.79 Å². The third kappa shape index (κ3) is 3.98. The van der Waals surface area contributed by atoms with Crippen molar-refractivity contribution >= 4 is 16.8 Å². The fourth-order valence-electron chi connectivity index (χ4n) is 2.66. The summed E-state index contributed by atoms with van der Waals surface area (Å²) >= 11 is 0. The Bertz CT molecular complexity index is 622. The number of hydrogen-bond donors (Lipinski definition) is 3. The average molecular weight is 300 g/mol. The van der Waals surface area contributed by atoms with E-state index in [4.69, 9.17) is 5.11 Å². The minimum Gasteiger partial charge on any atom is -0.396 e. The highest BCUT2D eigenvalue weighted by molar-refractivity contribution is 5.86. The molecule has 2 rings (SSSR count). The molecule has 0 bridgehead atoms. The molecule has 3 N–H and O–H groups in total. The van der Waals surface area contributed by atoms with Crippen molar-refractivity contribution in [1.29, 1.82) is 0 Å². The van der Waals surface area contributed by atoms with Gasteiger partial charge in [0.05, 0.1) is 6.04 Å². The van der Waals surface area contributed by atoms with Crippen LogP contribution in [0.15, 0.2) is 42.5 Å². The zero-order valence-electron chi connectivity index (χ0n) is 13.2. The van der Waals surface area contributed by atoms with Crippen molar-refractivity contribution in [3.05, 3.63) is 48.0 Å². The number of nitrogens with one attached hydrogen (secondary N) is 2. The van der Waals surface area contributed by atoms with Gasteiger partial charge in [0.2, 0.25) is 0 Å². The van der Waals surface area contributed by atoms with E-state index in [0.717, 1.165) is 17.4 Å². The van der Waals surface area contributed by atoms with Crippen molar-refractivity contribution < 1.29 is 9.90 Å². The van der Waals surface area contributed by atoms with Crippen LogP contribution in [0.5, 0.6) is 0 Å². The first-order valence-corrected chi connectivity index (χ1v) is 7.81. The lowest BCUT2D eigenvalue weighted by atomic mass is 10.00. The number of carbonyl (C=O) groups excluding carboxylic acids is 1. The number of fused-ring (bicyclic) bond motifs is 1. The van der Waals surface area contributed by atoms with Crippen LogP contribution < -0.4 is 10.6 Å². The Hall–Kier alpha value is -2.07. The Morgan fingerprint density at radius 3 is 2.59 bits per heavy atom. The summed E-state index contributed by atoms with van der Waals surface area (Å²) in [4.78, 5) is 12.1. The van der Waals surface area contributed by atoms with Crippen molar-refractivity contribution in [3.8, 4) is 0 Å². The van der Waals surface area contributed by atoms with E-state index in [1.54, 1.807) is 0 Å². The number of aliphatic hydroxyl groups excluding tert-OH is 1. The first kappa shape index (κ1) is 16.3. The fraction of sp³-hybridized carbons (Fsp3) is 0.389. The summed E-state index contributed by atoms with van der Waals surface area (Å²) in [5, 5.41) is 17.2. The van der Waals surface area contributed by atoms with Crippen molar-refractivity contribution in [3.63, 3.8) is 0 Å².